The van der Waals surface area contributed by atoms with Gasteiger partial charge in [-0.2, -0.15) is 0 Å². The Bertz CT molecular complexity index is 1420. The number of urea groups is 1. The van der Waals surface area contributed by atoms with Gasteiger partial charge in [0.1, 0.15) is 5.82 Å². The Hall–Kier alpha value is -3.29. The summed E-state index contributed by atoms with van der Waals surface area (Å²) in [5, 5.41) is 3.97. The van der Waals surface area contributed by atoms with E-state index >= 15 is 0 Å². The first-order chi connectivity index (χ1) is 16.3. The highest BCUT2D eigenvalue weighted by Crippen LogP contribution is 2.27. The average molecular weight is 493 g/mol. The lowest BCUT2D eigenvalue weighted by Crippen LogP contribution is -2.37. The van der Waals surface area contributed by atoms with Gasteiger partial charge in [-0.3, -0.25) is 9.36 Å². The molecule has 0 aliphatic heterocycles. The summed E-state index contributed by atoms with van der Waals surface area (Å²) in [7, 11) is 1.69. The van der Waals surface area contributed by atoms with Crippen molar-refractivity contribution in [2.45, 2.75) is 24.8 Å². The van der Waals surface area contributed by atoms with Gasteiger partial charge in [0.25, 0.3) is 5.56 Å². The van der Waals surface area contributed by atoms with Gasteiger partial charge in [-0.05, 0) is 74.2 Å². The quantitative estimate of drug-likeness (QED) is 0.332. The molecule has 1 heterocycles. The lowest BCUT2D eigenvalue weighted by Gasteiger charge is -2.27. The average Bonchev–Trinajstić information content (AvgIpc) is 2.85. The van der Waals surface area contributed by atoms with Crippen molar-refractivity contribution in [1.82, 2.24) is 14.5 Å². The molecule has 3 aromatic carbocycles. The van der Waals surface area contributed by atoms with Crippen LogP contribution in [0.5, 0.6) is 0 Å². The Morgan fingerprint density at radius 1 is 1.09 bits per heavy atom. The second-order valence-electron chi connectivity index (χ2n) is 7.96. The van der Waals surface area contributed by atoms with Gasteiger partial charge in [0.05, 0.1) is 22.6 Å². The molecule has 34 heavy (non-hydrogen) atoms. The molecule has 1 aromatic heterocycles. The number of carbonyl (C=O) groups excluding carboxylic acids is 1. The Labute approximate surface area is 207 Å². The van der Waals surface area contributed by atoms with E-state index in [9.17, 15) is 9.59 Å². The van der Waals surface area contributed by atoms with Crippen LogP contribution in [0.3, 0.4) is 0 Å². The predicted octanol–water partition coefficient (Wildman–Crippen LogP) is 6.29. The van der Waals surface area contributed by atoms with Gasteiger partial charge in [-0.1, -0.05) is 29.8 Å². The Kier molecular flexibility index (Phi) is 6.95. The normalized spacial score (nSPS) is 11.9. The Morgan fingerprint density at radius 3 is 2.50 bits per heavy atom. The van der Waals surface area contributed by atoms with Crippen molar-refractivity contribution in [3.63, 3.8) is 0 Å². The van der Waals surface area contributed by atoms with E-state index in [4.69, 9.17) is 16.6 Å². The Balaban J connectivity index is 1.78. The molecule has 2 amide bonds. The van der Waals surface area contributed by atoms with Crippen LogP contribution in [0.2, 0.25) is 5.02 Å². The van der Waals surface area contributed by atoms with Gasteiger partial charge in [0.2, 0.25) is 0 Å². The van der Waals surface area contributed by atoms with Crippen LogP contribution in [0.25, 0.3) is 16.6 Å². The van der Waals surface area contributed by atoms with Crippen molar-refractivity contribution in [3.05, 3.63) is 93.5 Å². The van der Waals surface area contributed by atoms with Crippen molar-refractivity contribution in [3.8, 4) is 5.69 Å². The molecular weight excluding hydrogens is 468 g/mol. The third-order valence-corrected chi connectivity index (χ3v) is 7.05. The number of amides is 2. The van der Waals surface area contributed by atoms with E-state index < -0.39 is 6.04 Å². The summed E-state index contributed by atoms with van der Waals surface area (Å²) >= 11 is 8.01. The predicted molar refractivity (Wildman–Crippen MR) is 141 cm³/mol. The fourth-order valence-corrected chi connectivity index (χ4v) is 4.31. The molecule has 1 unspecified atom stereocenters. The van der Waals surface area contributed by atoms with E-state index in [2.05, 4.69) is 5.32 Å². The molecule has 0 saturated heterocycles. The minimum absolute atomic E-state index is 0.209. The highest BCUT2D eigenvalue weighted by Gasteiger charge is 2.25. The molecule has 0 radical (unpaired) electrons. The fraction of sp³-hybridized carbons (Fsp3) is 0.192. The van der Waals surface area contributed by atoms with Gasteiger partial charge in [-0.25, -0.2) is 9.78 Å². The monoisotopic (exact) mass is 492 g/mol. The van der Waals surface area contributed by atoms with Crippen LogP contribution in [0.15, 0.2) is 76.4 Å². The van der Waals surface area contributed by atoms with Crippen LogP contribution in [0.4, 0.5) is 10.5 Å². The van der Waals surface area contributed by atoms with Crippen molar-refractivity contribution in [1.29, 1.82) is 0 Å². The van der Waals surface area contributed by atoms with Crippen molar-refractivity contribution in [2.75, 3.05) is 18.6 Å². The lowest BCUT2D eigenvalue weighted by molar-refractivity contribution is 0.205. The maximum Gasteiger partial charge on any atom is 0.322 e. The van der Waals surface area contributed by atoms with Crippen LogP contribution < -0.4 is 10.9 Å². The molecule has 0 saturated carbocycles. The van der Waals surface area contributed by atoms with E-state index in [0.29, 0.717) is 33.1 Å². The first-order valence-corrected chi connectivity index (χ1v) is 12.4. The highest BCUT2D eigenvalue weighted by molar-refractivity contribution is 7.98. The van der Waals surface area contributed by atoms with Crippen LogP contribution in [-0.2, 0) is 0 Å². The zero-order valence-electron chi connectivity index (χ0n) is 19.4. The number of thioether (sulfide) groups is 1. The second kappa shape index (κ2) is 9.91. The van der Waals surface area contributed by atoms with E-state index in [1.165, 1.54) is 4.90 Å². The summed E-state index contributed by atoms with van der Waals surface area (Å²) < 4.78 is 1.56. The first kappa shape index (κ1) is 23.9. The van der Waals surface area contributed by atoms with E-state index in [1.54, 1.807) is 47.6 Å². The molecule has 0 aliphatic carbocycles. The number of aromatic nitrogens is 2. The number of carbonyl (C=O) groups is 1. The van der Waals surface area contributed by atoms with Crippen molar-refractivity contribution in [2.24, 2.45) is 0 Å². The number of rotatable bonds is 5. The summed E-state index contributed by atoms with van der Waals surface area (Å²) in [5.74, 6) is 0.449. The number of fused-ring (bicyclic) bond motifs is 1. The number of anilines is 1. The number of hydrogen-bond donors (Lipinski definition) is 1. The number of benzene rings is 3. The lowest BCUT2D eigenvalue weighted by atomic mass is 10.1. The molecule has 4 rings (SSSR count). The van der Waals surface area contributed by atoms with E-state index in [-0.39, 0.29) is 11.6 Å². The fourth-order valence-electron chi connectivity index (χ4n) is 3.74. The zero-order chi connectivity index (χ0) is 24.4. The standard InChI is InChI=1S/C26H25ClN4O2S/c1-16-21(27)9-7-11-23(16)31-24(29-22-10-6-5-8-20(22)25(31)32)17(2)30(3)26(33)28-18-12-14-19(34-4)15-13-18/h5-15,17H,1-4H3,(H,28,33). The molecular formula is C26H25ClN4O2S. The molecule has 6 nitrogen and oxygen atoms in total. The number of halogens is 1. The molecule has 0 spiro atoms. The van der Waals surface area contributed by atoms with Crippen molar-refractivity contribution < 1.29 is 4.79 Å². The minimum Gasteiger partial charge on any atom is -0.318 e. The smallest absolute Gasteiger partial charge is 0.318 e. The topological polar surface area (TPSA) is 67.2 Å². The summed E-state index contributed by atoms with van der Waals surface area (Å²) in [5.41, 5.74) is 2.46. The summed E-state index contributed by atoms with van der Waals surface area (Å²) in [6.45, 7) is 3.71. The summed E-state index contributed by atoms with van der Waals surface area (Å²) in [6, 6.07) is 19.4. The third kappa shape index (κ3) is 4.54. The Morgan fingerprint density at radius 2 is 1.79 bits per heavy atom. The molecule has 1 N–H and O–H groups in total. The summed E-state index contributed by atoms with van der Waals surface area (Å²) in [6.07, 6.45) is 2.00. The molecule has 0 bridgehead atoms. The van der Waals surface area contributed by atoms with Crippen molar-refractivity contribution >= 4 is 46.0 Å². The summed E-state index contributed by atoms with van der Waals surface area (Å²) in [4.78, 5) is 34.2. The minimum atomic E-state index is -0.513. The van der Waals surface area contributed by atoms with Gasteiger partial charge >= 0.3 is 6.03 Å². The maximum absolute atomic E-state index is 13.6. The number of nitrogens with zero attached hydrogens (tertiary/aromatic N) is 3. The van der Waals surface area contributed by atoms with Crippen LogP contribution in [0, 0.1) is 6.92 Å². The van der Waals surface area contributed by atoms with Crippen LogP contribution in [0.1, 0.15) is 24.4 Å². The molecule has 8 heteroatoms. The van der Waals surface area contributed by atoms with E-state index in [1.807, 2.05) is 62.6 Å². The number of hydrogen-bond acceptors (Lipinski definition) is 4. The largest absolute Gasteiger partial charge is 0.322 e. The number of nitrogens with one attached hydrogen (secondary N) is 1. The van der Waals surface area contributed by atoms with Crippen LogP contribution >= 0.6 is 23.4 Å². The molecule has 1 atom stereocenters. The maximum atomic E-state index is 13.6. The van der Waals surface area contributed by atoms with E-state index in [0.717, 1.165) is 10.5 Å². The highest BCUT2D eigenvalue weighted by atomic mass is 35.5. The van der Waals surface area contributed by atoms with Gasteiger partial charge < -0.3 is 10.2 Å². The SMILES string of the molecule is CSc1ccc(NC(=O)N(C)C(C)c2nc3ccccc3c(=O)n2-c2cccc(Cl)c2C)cc1. The van der Waals surface area contributed by atoms with Gasteiger partial charge in [0.15, 0.2) is 0 Å². The van der Waals surface area contributed by atoms with Gasteiger partial charge in [0, 0.05) is 22.7 Å². The molecule has 0 aliphatic rings. The van der Waals surface area contributed by atoms with Crippen LogP contribution in [-0.4, -0.2) is 33.8 Å². The molecule has 4 aromatic rings. The number of para-hydroxylation sites is 1. The first-order valence-electron chi connectivity index (χ1n) is 10.8. The second-order valence-corrected chi connectivity index (χ2v) is 9.24. The molecule has 0 fully saturated rings. The zero-order valence-corrected chi connectivity index (χ0v) is 20.9. The molecule has 174 valence electrons. The third-order valence-electron chi connectivity index (χ3n) is 5.90. The van der Waals surface area contributed by atoms with Gasteiger partial charge in [-0.15, -0.1) is 11.8 Å².